The Hall–Kier alpha value is -1.30. The molecule has 23 heavy (non-hydrogen) atoms. The van der Waals surface area contributed by atoms with Gasteiger partial charge in [-0.1, -0.05) is 0 Å². The average Bonchev–Trinajstić information content (AvgIpc) is 2.46. The second-order valence-electron chi connectivity index (χ2n) is 7.77. The first kappa shape index (κ1) is 18.0. The van der Waals surface area contributed by atoms with Gasteiger partial charge in [-0.15, -0.1) is 0 Å². The summed E-state index contributed by atoms with van der Waals surface area (Å²) in [6.45, 7) is 6.58. The highest BCUT2D eigenvalue weighted by Crippen LogP contribution is 2.45. The number of ether oxygens (including phenoxy) is 2. The topological polar surface area (TPSA) is 84.9 Å². The maximum atomic E-state index is 11.8. The molecule has 1 amide bonds. The first-order valence-electron chi connectivity index (χ1n) is 8.53. The fraction of sp³-hybridized carbons (Fsp3) is 0.882. The van der Waals surface area contributed by atoms with Crippen molar-refractivity contribution in [3.8, 4) is 0 Å². The van der Waals surface area contributed by atoms with E-state index in [9.17, 15) is 14.7 Å². The van der Waals surface area contributed by atoms with Crippen molar-refractivity contribution < 1.29 is 24.2 Å². The molecule has 1 saturated carbocycles. The van der Waals surface area contributed by atoms with E-state index in [4.69, 9.17) is 9.47 Å². The number of amides is 1. The third kappa shape index (κ3) is 4.59. The second kappa shape index (κ2) is 7.07. The molecular weight excluding hydrogens is 298 g/mol. The molecule has 6 nitrogen and oxygen atoms in total. The zero-order valence-electron chi connectivity index (χ0n) is 14.4. The van der Waals surface area contributed by atoms with Gasteiger partial charge in [-0.3, -0.25) is 4.79 Å². The van der Waals surface area contributed by atoms with E-state index in [2.05, 4.69) is 5.32 Å². The Balaban J connectivity index is 1.87. The van der Waals surface area contributed by atoms with E-state index in [1.54, 1.807) is 0 Å². The van der Waals surface area contributed by atoms with Crippen molar-refractivity contribution in [3.63, 3.8) is 0 Å². The average molecular weight is 327 g/mol. The molecule has 0 aromatic carbocycles. The highest BCUT2D eigenvalue weighted by atomic mass is 16.6. The van der Waals surface area contributed by atoms with Crippen LogP contribution in [0, 0.1) is 11.3 Å². The molecule has 1 aliphatic heterocycles. The van der Waals surface area contributed by atoms with Gasteiger partial charge in [0.2, 0.25) is 0 Å². The van der Waals surface area contributed by atoms with Crippen molar-refractivity contribution in [1.82, 2.24) is 5.32 Å². The van der Waals surface area contributed by atoms with Crippen molar-refractivity contribution in [2.24, 2.45) is 11.3 Å². The number of rotatable bonds is 3. The van der Waals surface area contributed by atoms with Crippen LogP contribution >= 0.6 is 0 Å². The summed E-state index contributed by atoms with van der Waals surface area (Å²) in [5, 5.41) is 12.6. The lowest BCUT2D eigenvalue weighted by atomic mass is 9.64. The van der Waals surface area contributed by atoms with E-state index >= 15 is 0 Å². The van der Waals surface area contributed by atoms with E-state index in [0.29, 0.717) is 26.1 Å². The van der Waals surface area contributed by atoms with Gasteiger partial charge in [-0.2, -0.15) is 0 Å². The standard InChI is InChI=1S/C17H29NO5/c1-16(2,3)23-15(21)18-13-6-4-12(5-7-13)17(14(19)20)8-10-22-11-9-17/h12-13H,4-11H2,1-3H3,(H,18,21)(H,19,20). The number of alkyl carbamates (subject to hydrolysis) is 1. The van der Waals surface area contributed by atoms with Crippen molar-refractivity contribution in [3.05, 3.63) is 0 Å². The summed E-state index contributed by atoms with van der Waals surface area (Å²) in [6.07, 6.45) is 4.06. The van der Waals surface area contributed by atoms with Gasteiger partial charge in [0.05, 0.1) is 5.41 Å². The van der Waals surface area contributed by atoms with Crippen LogP contribution in [0.2, 0.25) is 0 Å². The molecule has 2 fully saturated rings. The van der Waals surface area contributed by atoms with Gasteiger partial charge in [0.25, 0.3) is 0 Å². The summed E-state index contributed by atoms with van der Waals surface area (Å²) in [4.78, 5) is 23.7. The van der Waals surface area contributed by atoms with E-state index in [0.717, 1.165) is 25.7 Å². The Kier molecular flexibility index (Phi) is 5.55. The maximum absolute atomic E-state index is 11.8. The number of aliphatic carboxylic acids is 1. The van der Waals surface area contributed by atoms with Crippen LogP contribution in [0.15, 0.2) is 0 Å². The molecule has 0 aromatic heterocycles. The van der Waals surface area contributed by atoms with Gasteiger partial charge >= 0.3 is 12.1 Å². The number of carbonyl (C=O) groups is 2. The summed E-state index contributed by atoms with van der Waals surface area (Å²) in [7, 11) is 0. The van der Waals surface area contributed by atoms with Crippen molar-refractivity contribution in [1.29, 1.82) is 0 Å². The fourth-order valence-corrected chi connectivity index (χ4v) is 3.80. The minimum Gasteiger partial charge on any atom is -0.481 e. The van der Waals surface area contributed by atoms with Crippen molar-refractivity contribution in [2.75, 3.05) is 13.2 Å². The first-order valence-corrected chi connectivity index (χ1v) is 8.53. The number of hydrogen-bond donors (Lipinski definition) is 2. The summed E-state index contributed by atoms with van der Waals surface area (Å²) in [5.74, 6) is -0.523. The van der Waals surface area contributed by atoms with Crippen LogP contribution in [0.3, 0.4) is 0 Å². The van der Waals surface area contributed by atoms with Gasteiger partial charge in [-0.25, -0.2) is 4.79 Å². The highest BCUT2D eigenvalue weighted by Gasteiger charge is 2.47. The summed E-state index contributed by atoms with van der Waals surface area (Å²) in [5.41, 5.74) is -1.15. The number of nitrogens with one attached hydrogen (secondary N) is 1. The predicted octanol–water partition coefficient (Wildman–Crippen LogP) is 2.95. The highest BCUT2D eigenvalue weighted by molar-refractivity contribution is 5.75. The van der Waals surface area contributed by atoms with Crippen LogP contribution in [0.5, 0.6) is 0 Å². The van der Waals surface area contributed by atoms with Crippen LogP contribution in [0.25, 0.3) is 0 Å². The van der Waals surface area contributed by atoms with Crippen LogP contribution in [-0.4, -0.2) is 42.0 Å². The van der Waals surface area contributed by atoms with E-state index in [1.807, 2.05) is 20.8 Å². The zero-order valence-corrected chi connectivity index (χ0v) is 14.4. The van der Waals surface area contributed by atoms with Crippen LogP contribution < -0.4 is 5.32 Å². The summed E-state index contributed by atoms with van der Waals surface area (Å²) in [6, 6.07) is 0.0757. The van der Waals surface area contributed by atoms with E-state index in [1.165, 1.54) is 0 Å². The zero-order chi connectivity index (χ0) is 17.1. The number of carbonyl (C=O) groups excluding carboxylic acids is 1. The molecular formula is C17H29NO5. The first-order chi connectivity index (χ1) is 10.7. The molecule has 1 aliphatic carbocycles. The smallest absolute Gasteiger partial charge is 0.407 e. The largest absolute Gasteiger partial charge is 0.481 e. The molecule has 2 N–H and O–H groups in total. The summed E-state index contributed by atoms with van der Waals surface area (Å²) >= 11 is 0. The van der Waals surface area contributed by atoms with Gasteiger partial charge in [-0.05, 0) is 65.2 Å². The van der Waals surface area contributed by atoms with Crippen molar-refractivity contribution in [2.45, 2.75) is 70.9 Å². The molecule has 1 heterocycles. The normalized spacial score (nSPS) is 28.0. The van der Waals surface area contributed by atoms with E-state index in [-0.39, 0.29) is 18.1 Å². The maximum Gasteiger partial charge on any atom is 0.407 e. The van der Waals surface area contributed by atoms with Crippen LogP contribution in [0.1, 0.15) is 59.3 Å². The minimum absolute atomic E-state index is 0.0757. The molecule has 0 aromatic rings. The quantitative estimate of drug-likeness (QED) is 0.832. The van der Waals surface area contributed by atoms with E-state index < -0.39 is 17.0 Å². The Morgan fingerprint density at radius 2 is 1.70 bits per heavy atom. The monoisotopic (exact) mass is 327 g/mol. The Morgan fingerprint density at radius 1 is 1.13 bits per heavy atom. The number of carboxylic acids is 1. The number of hydrogen-bond acceptors (Lipinski definition) is 4. The molecule has 0 unspecified atom stereocenters. The van der Waals surface area contributed by atoms with Gasteiger partial charge in [0.15, 0.2) is 0 Å². The molecule has 6 heteroatoms. The minimum atomic E-state index is -0.690. The summed E-state index contributed by atoms with van der Waals surface area (Å²) < 4.78 is 10.6. The molecule has 0 bridgehead atoms. The molecule has 0 spiro atoms. The second-order valence-corrected chi connectivity index (χ2v) is 7.77. The Morgan fingerprint density at radius 3 is 2.17 bits per heavy atom. The van der Waals surface area contributed by atoms with Gasteiger partial charge < -0.3 is 19.9 Å². The molecule has 132 valence electrons. The molecule has 1 saturated heterocycles. The Labute approximate surface area is 137 Å². The molecule has 2 aliphatic rings. The molecule has 0 radical (unpaired) electrons. The third-order valence-electron chi connectivity index (χ3n) is 5.04. The lowest BCUT2D eigenvalue weighted by molar-refractivity contribution is -0.161. The van der Waals surface area contributed by atoms with Gasteiger partial charge in [0.1, 0.15) is 5.60 Å². The van der Waals surface area contributed by atoms with Gasteiger partial charge in [0, 0.05) is 19.3 Å². The fourth-order valence-electron chi connectivity index (χ4n) is 3.80. The van der Waals surface area contributed by atoms with Crippen LogP contribution in [-0.2, 0) is 14.3 Å². The van der Waals surface area contributed by atoms with Crippen molar-refractivity contribution >= 4 is 12.1 Å². The predicted molar refractivity (Wildman–Crippen MR) is 85.2 cm³/mol. The molecule has 0 atom stereocenters. The number of carboxylic acid groups (broad SMARTS) is 1. The SMILES string of the molecule is CC(C)(C)OC(=O)NC1CCC(C2(C(=O)O)CCOCC2)CC1. The third-order valence-corrected chi connectivity index (χ3v) is 5.04. The Bertz CT molecular complexity index is 429. The molecule has 2 rings (SSSR count). The van der Waals surface area contributed by atoms with Crippen LogP contribution in [0.4, 0.5) is 4.79 Å². The lowest BCUT2D eigenvalue weighted by Crippen LogP contribution is -2.47. The lowest BCUT2D eigenvalue weighted by Gasteiger charge is -2.43.